The lowest BCUT2D eigenvalue weighted by Crippen LogP contribution is -2.50. The van der Waals surface area contributed by atoms with Crippen molar-refractivity contribution in [3.63, 3.8) is 0 Å². The largest absolute Gasteiger partial charge is 0.353 e. The van der Waals surface area contributed by atoms with E-state index in [1.54, 1.807) is 6.33 Å². The van der Waals surface area contributed by atoms with Crippen LogP contribution in [0.2, 0.25) is 0 Å². The second kappa shape index (κ2) is 8.79. The molecule has 30 heavy (non-hydrogen) atoms. The van der Waals surface area contributed by atoms with Gasteiger partial charge >= 0.3 is 0 Å². The number of likely N-dealkylation sites (tertiary alicyclic amines) is 1. The van der Waals surface area contributed by atoms with E-state index in [2.05, 4.69) is 26.6 Å². The maximum Gasteiger partial charge on any atom is 0.236 e. The maximum atomic E-state index is 12.7. The van der Waals surface area contributed by atoms with Gasteiger partial charge in [0, 0.05) is 44.1 Å². The first-order valence-corrected chi connectivity index (χ1v) is 12.5. The van der Waals surface area contributed by atoms with E-state index in [1.165, 1.54) is 41.5 Å². The van der Waals surface area contributed by atoms with Crippen LogP contribution in [0.25, 0.3) is 10.2 Å². The fourth-order valence-electron chi connectivity index (χ4n) is 5.23. The van der Waals surface area contributed by atoms with Crippen molar-refractivity contribution in [1.29, 1.82) is 0 Å². The second-order valence-corrected chi connectivity index (χ2v) is 10.4. The molecule has 2 aromatic rings. The number of fused-ring (bicyclic) bond motifs is 3. The lowest BCUT2D eigenvalue weighted by Gasteiger charge is -2.36. The summed E-state index contributed by atoms with van der Waals surface area (Å²) in [5.74, 6) is 2.20. The Hall–Kier alpha value is -1.73. The molecule has 0 aromatic carbocycles. The minimum atomic E-state index is 0.316. The smallest absolute Gasteiger partial charge is 0.236 e. The molecule has 1 atom stereocenters. The molecule has 3 aliphatic rings. The number of carbonyl (C=O) groups is 1. The summed E-state index contributed by atoms with van der Waals surface area (Å²) in [7, 11) is 0. The van der Waals surface area contributed by atoms with Gasteiger partial charge in [0.25, 0.3) is 0 Å². The van der Waals surface area contributed by atoms with Crippen molar-refractivity contribution in [2.45, 2.75) is 51.9 Å². The highest BCUT2D eigenvalue weighted by Gasteiger charge is 2.27. The fourth-order valence-corrected chi connectivity index (χ4v) is 6.57. The van der Waals surface area contributed by atoms with Gasteiger partial charge in [-0.05, 0) is 43.6 Å². The molecule has 1 unspecified atom stereocenters. The SMILES string of the molecule is CC1CCc2c(sc3ncnc(N4CCN(CC(=O)N5CCCCCC5)CC4)c23)C1. The molecular weight excluding hydrogens is 394 g/mol. The van der Waals surface area contributed by atoms with Crippen molar-refractivity contribution in [1.82, 2.24) is 19.8 Å². The van der Waals surface area contributed by atoms with Crippen molar-refractivity contribution in [2.75, 3.05) is 50.7 Å². The summed E-state index contributed by atoms with van der Waals surface area (Å²) in [5, 5.41) is 1.30. The first-order valence-electron chi connectivity index (χ1n) is 11.7. The van der Waals surface area contributed by atoms with Crippen molar-refractivity contribution >= 4 is 33.3 Å². The fraction of sp³-hybridized carbons (Fsp3) is 0.696. The topological polar surface area (TPSA) is 52.6 Å². The standard InChI is InChI=1S/C23H33N5OS/c1-17-6-7-18-19(14-17)30-23-21(18)22(24-16-25-23)28-12-10-26(11-13-28)15-20(29)27-8-4-2-3-5-9-27/h16-17H,2-15H2,1H3. The predicted molar refractivity (Wildman–Crippen MR) is 122 cm³/mol. The highest BCUT2D eigenvalue weighted by molar-refractivity contribution is 7.19. The van der Waals surface area contributed by atoms with Gasteiger partial charge in [0.1, 0.15) is 17.0 Å². The van der Waals surface area contributed by atoms with E-state index in [0.29, 0.717) is 12.5 Å². The van der Waals surface area contributed by atoms with Crippen molar-refractivity contribution < 1.29 is 4.79 Å². The van der Waals surface area contributed by atoms with Crippen molar-refractivity contribution in [3.05, 3.63) is 16.8 Å². The minimum absolute atomic E-state index is 0.316. The molecule has 162 valence electrons. The Morgan fingerprint density at radius 2 is 1.83 bits per heavy atom. The number of aromatic nitrogens is 2. The van der Waals surface area contributed by atoms with Crippen LogP contribution < -0.4 is 4.90 Å². The average molecular weight is 428 g/mol. The lowest BCUT2D eigenvalue weighted by molar-refractivity contribution is -0.132. The molecule has 0 N–H and O–H groups in total. The molecule has 0 saturated carbocycles. The van der Waals surface area contributed by atoms with Crippen LogP contribution in [0.15, 0.2) is 6.33 Å². The van der Waals surface area contributed by atoms with Gasteiger partial charge in [0.15, 0.2) is 0 Å². The van der Waals surface area contributed by atoms with Crippen LogP contribution in [-0.2, 0) is 17.6 Å². The molecule has 1 aliphatic carbocycles. The van der Waals surface area contributed by atoms with E-state index in [-0.39, 0.29) is 0 Å². The number of anilines is 1. The Balaban J connectivity index is 1.26. The third kappa shape index (κ3) is 4.06. The second-order valence-electron chi connectivity index (χ2n) is 9.29. The zero-order chi connectivity index (χ0) is 20.5. The van der Waals surface area contributed by atoms with E-state index in [4.69, 9.17) is 4.98 Å². The van der Waals surface area contributed by atoms with Crippen LogP contribution >= 0.6 is 11.3 Å². The normalized spacial score (nSPS) is 23.4. The number of amides is 1. The van der Waals surface area contributed by atoms with Crippen LogP contribution in [-0.4, -0.2) is 71.5 Å². The van der Waals surface area contributed by atoms with Crippen LogP contribution in [0.3, 0.4) is 0 Å². The number of carbonyl (C=O) groups excluding carboxylic acids is 1. The van der Waals surface area contributed by atoms with Gasteiger partial charge < -0.3 is 9.80 Å². The molecule has 2 saturated heterocycles. The van der Waals surface area contributed by atoms with Crippen LogP contribution in [0.5, 0.6) is 0 Å². The molecule has 0 radical (unpaired) electrons. The van der Waals surface area contributed by atoms with Gasteiger partial charge in [0.05, 0.1) is 11.9 Å². The van der Waals surface area contributed by atoms with Crippen LogP contribution in [0.4, 0.5) is 5.82 Å². The van der Waals surface area contributed by atoms with Crippen molar-refractivity contribution in [3.8, 4) is 0 Å². The molecule has 7 heteroatoms. The van der Waals surface area contributed by atoms with E-state index in [0.717, 1.165) is 75.1 Å². The molecule has 5 rings (SSSR count). The van der Waals surface area contributed by atoms with Gasteiger partial charge in [-0.2, -0.15) is 0 Å². The van der Waals surface area contributed by atoms with Gasteiger partial charge in [0.2, 0.25) is 5.91 Å². The van der Waals surface area contributed by atoms with Gasteiger partial charge in [-0.15, -0.1) is 11.3 Å². The van der Waals surface area contributed by atoms with E-state index >= 15 is 0 Å². The Morgan fingerprint density at radius 1 is 1.07 bits per heavy atom. The van der Waals surface area contributed by atoms with Gasteiger partial charge in [-0.1, -0.05) is 19.8 Å². The summed E-state index contributed by atoms with van der Waals surface area (Å²) in [6, 6.07) is 0. The number of nitrogens with zero attached hydrogens (tertiary/aromatic N) is 5. The minimum Gasteiger partial charge on any atom is -0.353 e. The molecule has 2 fully saturated rings. The molecule has 4 heterocycles. The maximum absolute atomic E-state index is 12.7. The zero-order valence-electron chi connectivity index (χ0n) is 18.1. The number of rotatable bonds is 3. The molecular formula is C23H33N5OS. The summed E-state index contributed by atoms with van der Waals surface area (Å²) in [6.45, 7) is 8.52. The number of hydrogen-bond acceptors (Lipinski definition) is 6. The van der Waals surface area contributed by atoms with Gasteiger partial charge in [-0.25, -0.2) is 9.97 Å². The van der Waals surface area contributed by atoms with E-state index in [9.17, 15) is 4.79 Å². The summed E-state index contributed by atoms with van der Waals surface area (Å²) >= 11 is 1.87. The monoisotopic (exact) mass is 427 g/mol. The average Bonchev–Trinajstić information content (AvgIpc) is 2.92. The quantitative estimate of drug-likeness (QED) is 0.752. The number of aryl methyl sites for hydroxylation is 1. The first kappa shape index (κ1) is 20.2. The highest BCUT2D eigenvalue weighted by atomic mass is 32.1. The molecule has 6 nitrogen and oxygen atoms in total. The first-order chi connectivity index (χ1) is 14.7. The third-order valence-corrected chi connectivity index (χ3v) is 8.22. The Bertz CT molecular complexity index is 896. The number of piperazine rings is 1. The highest BCUT2D eigenvalue weighted by Crippen LogP contribution is 2.40. The Labute approximate surface area is 183 Å². The zero-order valence-corrected chi connectivity index (χ0v) is 18.9. The van der Waals surface area contributed by atoms with E-state index < -0.39 is 0 Å². The summed E-state index contributed by atoms with van der Waals surface area (Å²) in [4.78, 5) is 31.6. The molecule has 2 aromatic heterocycles. The third-order valence-electron chi connectivity index (χ3n) is 7.06. The summed E-state index contributed by atoms with van der Waals surface area (Å²) in [6.07, 6.45) is 10.2. The molecule has 0 spiro atoms. The molecule has 0 bridgehead atoms. The molecule has 1 amide bonds. The van der Waals surface area contributed by atoms with Crippen LogP contribution in [0, 0.1) is 5.92 Å². The van der Waals surface area contributed by atoms with Crippen molar-refractivity contribution in [2.24, 2.45) is 5.92 Å². The van der Waals surface area contributed by atoms with Gasteiger partial charge in [-0.3, -0.25) is 9.69 Å². The number of thiophene rings is 1. The number of hydrogen-bond donors (Lipinski definition) is 0. The Kier molecular flexibility index (Phi) is 5.92. The van der Waals surface area contributed by atoms with E-state index in [1.807, 2.05) is 11.3 Å². The predicted octanol–water partition coefficient (Wildman–Crippen LogP) is 3.34. The summed E-state index contributed by atoms with van der Waals surface area (Å²) in [5.41, 5.74) is 1.50. The lowest BCUT2D eigenvalue weighted by atomic mass is 9.89. The molecule has 2 aliphatic heterocycles. The Morgan fingerprint density at radius 3 is 2.60 bits per heavy atom. The van der Waals surface area contributed by atoms with Crippen LogP contribution in [0.1, 0.15) is 49.5 Å². The summed E-state index contributed by atoms with van der Waals surface area (Å²) < 4.78 is 0.